The highest BCUT2D eigenvalue weighted by Gasteiger charge is 2.09. The van der Waals surface area contributed by atoms with Gasteiger partial charge in [-0.3, -0.25) is 14.2 Å². The first-order chi connectivity index (χ1) is 9.45. The van der Waals surface area contributed by atoms with Crippen molar-refractivity contribution in [2.75, 3.05) is 5.32 Å². The van der Waals surface area contributed by atoms with Crippen LogP contribution in [0.15, 0.2) is 35.1 Å². The summed E-state index contributed by atoms with van der Waals surface area (Å²) in [5.41, 5.74) is -0.0977. The number of halogens is 2. The topological polar surface area (TPSA) is 64.0 Å². The highest BCUT2D eigenvalue weighted by molar-refractivity contribution is 6.29. The molecule has 104 valence electrons. The van der Waals surface area contributed by atoms with Gasteiger partial charge in [0.1, 0.15) is 23.3 Å². The van der Waals surface area contributed by atoms with Gasteiger partial charge < -0.3 is 5.32 Å². The zero-order valence-corrected chi connectivity index (χ0v) is 11.3. The van der Waals surface area contributed by atoms with Crippen molar-refractivity contribution in [2.24, 2.45) is 0 Å². The molecule has 0 aliphatic rings. The van der Waals surface area contributed by atoms with E-state index in [1.165, 1.54) is 22.8 Å². The standard InChI is InChI=1S/C13H11ClFN3O2/c1-8-16-11(14)6-13(20)18(8)7-12(19)17-10-4-2-3-9(15)5-10/h2-6H,7H2,1H3,(H,17,19). The number of aromatic nitrogens is 2. The number of amides is 1. The first-order valence-corrected chi connectivity index (χ1v) is 6.13. The Balaban J connectivity index is 2.15. The lowest BCUT2D eigenvalue weighted by Crippen LogP contribution is -2.29. The van der Waals surface area contributed by atoms with E-state index in [1.807, 2.05) is 0 Å². The van der Waals surface area contributed by atoms with Crippen LogP contribution in [0.2, 0.25) is 5.15 Å². The summed E-state index contributed by atoms with van der Waals surface area (Å²) in [7, 11) is 0. The van der Waals surface area contributed by atoms with Gasteiger partial charge in [-0.05, 0) is 25.1 Å². The third-order valence-electron chi connectivity index (χ3n) is 2.58. The van der Waals surface area contributed by atoms with Crippen LogP contribution in [0.4, 0.5) is 10.1 Å². The van der Waals surface area contributed by atoms with E-state index in [4.69, 9.17) is 11.6 Å². The molecule has 2 rings (SSSR count). The van der Waals surface area contributed by atoms with Crippen LogP contribution in [-0.4, -0.2) is 15.5 Å². The first-order valence-electron chi connectivity index (χ1n) is 5.75. The lowest BCUT2D eigenvalue weighted by atomic mass is 10.3. The van der Waals surface area contributed by atoms with Crippen LogP contribution in [0, 0.1) is 12.7 Å². The van der Waals surface area contributed by atoms with Gasteiger partial charge in [-0.2, -0.15) is 0 Å². The summed E-state index contributed by atoms with van der Waals surface area (Å²) in [5, 5.41) is 2.58. The van der Waals surface area contributed by atoms with Crippen LogP contribution in [0.5, 0.6) is 0 Å². The molecule has 0 saturated carbocycles. The summed E-state index contributed by atoms with van der Waals surface area (Å²) in [6, 6.07) is 6.62. The van der Waals surface area contributed by atoms with Gasteiger partial charge in [0.15, 0.2) is 0 Å². The number of anilines is 1. The molecule has 0 atom stereocenters. The molecule has 7 heteroatoms. The van der Waals surface area contributed by atoms with Gasteiger partial charge in [0.05, 0.1) is 0 Å². The van der Waals surface area contributed by atoms with Crippen molar-refractivity contribution in [1.29, 1.82) is 0 Å². The molecule has 0 aliphatic heterocycles. The quantitative estimate of drug-likeness (QED) is 0.881. The number of aryl methyl sites for hydroxylation is 1. The van der Waals surface area contributed by atoms with E-state index in [0.29, 0.717) is 11.5 Å². The molecule has 0 saturated heterocycles. The average Bonchev–Trinajstić information content (AvgIpc) is 2.33. The normalized spacial score (nSPS) is 10.3. The van der Waals surface area contributed by atoms with Gasteiger partial charge in [-0.1, -0.05) is 17.7 Å². The van der Waals surface area contributed by atoms with Gasteiger partial charge >= 0.3 is 0 Å². The molecule has 0 radical (unpaired) electrons. The van der Waals surface area contributed by atoms with Crippen LogP contribution >= 0.6 is 11.6 Å². The molecule has 0 spiro atoms. The highest BCUT2D eigenvalue weighted by atomic mass is 35.5. The lowest BCUT2D eigenvalue weighted by molar-refractivity contribution is -0.116. The zero-order chi connectivity index (χ0) is 14.7. The molecular formula is C13H11ClFN3O2. The lowest BCUT2D eigenvalue weighted by Gasteiger charge is -2.09. The Morgan fingerprint density at radius 3 is 2.85 bits per heavy atom. The number of hydrogen-bond donors (Lipinski definition) is 1. The number of benzene rings is 1. The minimum Gasteiger partial charge on any atom is -0.324 e. The molecule has 1 aromatic heterocycles. The van der Waals surface area contributed by atoms with Crippen LogP contribution in [0.1, 0.15) is 5.82 Å². The van der Waals surface area contributed by atoms with E-state index in [1.54, 1.807) is 13.0 Å². The molecule has 0 unspecified atom stereocenters. The largest absolute Gasteiger partial charge is 0.324 e. The van der Waals surface area contributed by atoms with Crippen molar-refractivity contribution in [3.05, 3.63) is 57.5 Å². The van der Waals surface area contributed by atoms with E-state index in [0.717, 1.165) is 6.07 Å². The number of carbonyl (C=O) groups is 1. The fourth-order valence-electron chi connectivity index (χ4n) is 1.69. The van der Waals surface area contributed by atoms with E-state index in [2.05, 4.69) is 10.3 Å². The summed E-state index contributed by atoms with van der Waals surface area (Å²) in [6.07, 6.45) is 0. The number of hydrogen-bond acceptors (Lipinski definition) is 3. The minimum atomic E-state index is -0.454. The Morgan fingerprint density at radius 2 is 2.20 bits per heavy atom. The van der Waals surface area contributed by atoms with Crippen molar-refractivity contribution in [3.8, 4) is 0 Å². The maximum Gasteiger partial charge on any atom is 0.255 e. The number of carbonyl (C=O) groups excluding carboxylic acids is 1. The van der Waals surface area contributed by atoms with Gasteiger partial charge in [0.2, 0.25) is 5.91 Å². The Kier molecular flexibility index (Phi) is 4.14. The monoisotopic (exact) mass is 295 g/mol. The van der Waals surface area contributed by atoms with Crippen molar-refractivity contribution in [3.63, 3.8) is 0 Å². The maximum atomic E-state index is 13.0. The van der Waals surface area contributed by atoms with Crippen molar-refractivity contribution in [2.45, 2.75) is 13.5 Å². The van der Waals surface area contributed by atoms with Crippen molar-refractivity contribution < 1.29 is 9.18 Å². The van der Waals surface area contributed by atoms with E-state index < -0.39 is 17.3 Å². The molecule has 5 nitrogen and oxygen atoms in total. The second-order valence-corrected chi connectivity index (χ2v) is 4.50. The Hall–Kier alpha value is -2.21. The predicted octanol–water partition coefficient (Wildman–Crippen LogP) is 1.98. The second-order valence-electron chi connectivity index (χ2n) is 4.11. The van der Waals surface area contributed by atoms with Gasteiger partial charge in [0.25, 0.3) is 5.56 Å². The molecule has 1 heterocycles. The SMILES string of the molecule is Cc1nc(Cl)cc(=O)n1CC(=O)Nc1cccc(F)c1. The number of nitrogens with zero attached hydrogens (tertiary/aromatic N) is 2. The van der Waals surface area contributed by atoms with Crippen molar-refractivity contribution in [1.82, 2.24) is 9.55 Å². The fourth-order valence-corrected chi connectivity index (χ4v) is 1.90. The zero-order valence-electron chi connectivity index (χ0n) is 10.6. The smallest absolute Gasteiger partial charge is 0.255 e. The molecule has 20 heavy (non-hydrogen) atoms. The molecule has 0 fully saturated rings. The average molecular weight is 296 g/mol. The van der Waals surface area contributed by atoms with E-state index >= 15 is 0 Å². The van der Waals surface area contributed by atoms with Crippen LogP contribution in [-0.2, 0) is 11.3 Å². The second kappa shape index (κ2) is 5.83. The Morgan fingerprint density at radius 1 is 1.45 bits per heavy atom. The van der Waals surface area contributed by atoms with Gasteiger partial charge in [0, 0.05) is 11.8 Å². The number of rotatable bonds is 3. The summed E-state index contributed by atoms with van der Waals surface area (Å²) in [6.45, 7) is 1.36. The van der Waals surface area contributed by atoms with Crippen LogP contribution in [0.25, 0.3) is 0 Å². The van der Waals surface area contributed by atoms with E-state index in [9.17, 15) is 14.0 Å². The third kappa shape index (κ3) is 3.42. The fraction of sp³-hybridized carbons (Fsp3) is 0.154. The molecule has 0 bridgehead atoms. The van der Waals surface area contributed by atoms with Crippen LogP contribution in [0.3, 0.4) is 0 Å². The summed E-state index contributed by atoms with van der Waals surface area (Å²) in [5.74, 6) is -0.578. The first kappa shape index (κ1) is 14.2. The summed E-state index contributed by atoms with van der Waals surface area (Å²) < 4.78 is 14.2. The van der Waals surface area contributed by atoms with E-state index in [-0.39, 0.29) is 11.7 Å². The molecule has 1 amide bonds. The molecule has 0 aliphatic carbocycles. The predicted molar refractivity (Wildman–Crippen MR) is 73.3 cm³/mol. The Labute approximate surface area is 119 Å². The maximum absolute atomic E-state index is 13.0. The molecule has 1 aromatic carbocycles. The molecule has 2 aromatic rings. The third-order valence-corrected chi connectivity index (χ3v) is 2.77. The van der Waals surface area contributed by atoms with Gasteiger partial charge in [-0.15, -0.1) is 0 Å². The van der Waals surface area contributed by atoms with Gasteiger partial charge in [-0.25, -0.2) is 9.37 Å². The molecule has 1 N–H and O–H groups in total. The highest BCUT2D eigenvalue weighted by Crippen LogP contribution is 2.09. The Bertz CT molecular complexity index is 715. The summed E-state index contributed by atoms with van der Waals surface area (Å²) >= 11 is 5.64. The summed E-state index contributed by atoms with van der Waals surface area (Å²) in [4.78, 5) is 27.4. The number of nitrogens with one attached hydrogen (secondary N) is 1. The van der Waals surface area contributed by atoms with Crippen LogP contribution < -0.4 is 10.9 Å². The van der Waals surface area contributed by atoms with Crippen molar-refractivity contribution >= 4 is 23.2 Å². The molecular weight excluding hydrogens is 285 g/mol. The minimum absolute atomic E-state index is 0.0780.